The number of esters is 1. The van der Waals surface area contributed by atoms with Crippen LogP contribution in [0, 0.1) is 5.41 Å². The van der Waals surface area contributed by atoms with Crippen molar-refractivity contribution in [1.82, 2.24) is 19.4 Å². The largest absolute Gasteiger partial charge is 0.460 e. The number of aromatic nitrogens is 3. The van der Waals surface area contributed by atoms with Gasteiger partial charge in [0.1, 0.15) is 6.10 Å². The number of hydrogen-bond donors (Lipinski definition) is 0. The monoisotopic (exact) mass is 390 g/mol. The number of para-hydroxylation sites is 1. The van der Waals surface area contributed by atoms with Gasteiger partial charge in [-0.2, -0.15) is 0 Å². The zero-order valence-electron chi connectivity index (χ0n) is 16.0. The van der Waals surface area contributed by atoms with Gasteiger partial charge in [-0.15, -0.1) is 0 Å². The molecule has 1 unspecified atom stereocenters. The van der Waals surface area contributed by atoms with Crippen LogP contribution in [0.25, 0.3) is 10.9 Å². The van der Waals surface area contributed by atoms with E-state index in [-0.39, 0.29) is 18.0 Å². The fourth-order valence-electron chi connectivity index (χ4n) is 4.49. The maximum absolute atomic E-state index is 13.0. The molecule has 1 spiro atoms. The lowest BCUT2D eigenvalue weighted by atomic mass is 9.76. The Kier molecular flexibility index (Phi) is 4.30. The Balaban J connectivity index is 1.25. The molecule has 3 aromatic rings. The van der Waals surface area contributed by atoms with Crippen molar-refractivity contribution in [2.24, 2.45) is 5.41 Å². The highest BCUT2D eigenvalue weighted by atomic mass is 16.6. The summed E-state index contributed by atoms with van der Waals surface area (Å²) < 4.78 is 7.59. The number of carbonyl (C=O) groups is 2. The van der Waals surface area contributed by atoms with Crippen molar-refractivity contribution >= 4 is 22.8 Å². The van der Waals surface area contributed by atoms with E-state index in [1.807, 2.05) is 46.0 Å². The fourth-order valence-corrected chi connectivity index (χ4v) is 4.49. The van der Waals surface area contributed by atoms with Crippen LogP contribution in [0.3, 0.4) is 0 Å². The van der Waals surface area contributed by atoms with Crippen LogP contribution >= 0.6 is 0 Å². The molecule has 2 aromatic heterocycles. The van der Waals surface area contributed by atoms with E-state index in [4.69, 9.17) is 4.74 Å². The summed E-state index contributed by atoms with van der Waals surface area (Å²) in [4.78, 5) is 35.8. The summed E-state index contributed by atoms with van der Waals surface area (Å²) in [6.07, 6.45) is 8.80. The highest BCUT2D eigenvalue weighted by molar-refractivity contribution is 5.97. The number of hydrogen-bond acceptors (Lipinski definition) is 5. The second-order valence-electron chi connectivity index (χ2n) is 7.98. The molecule has 0 radical (unpaired) electrons. The summed E-state index contributed by atoms with van der Waals surface area (Å²) in [5.41, 5.74) is 0.995. The Morgan fingerprint density at radius 1 is 1.24 bits per heavy atom. The molecule has 1 atom stereocenters. The summed E-state index contributed by atoms with van der Waals surface area (Å²) in [7, 11) is 0. The quantitative estimate of drug-likeness (QED) is 0.643. The molecule has 7 nitrogen and oxygen atoms in total. The summed E-state index contributed by atoms with van der Waals surface area (Å²) >= 11 is 0. The van der Waals surface area contributed by atoms with Gasteiger partial charge in [-0.1, -0.05) is 18.2 Å². The van der Waals surface area contributed by atoms with Gasteiger partial charge in [0.05, 0.1) is 29.4 Å². The maximum Gasteiger partial charge on any atom is 0.312 e. The van der Waals surface area contributed by atoms with Gasteiger partial charge in [0.15, 0.2) is 0 Å². The Hall–Kier alpha value is -3.22. The molecule has 0 aliphatic carbocycles. The average Bonchev–Trinajstić information content (AvgIpc) is 3.36. The summed E-state index contributed by atoms with van der Waals surface area (Å²) in [5, 5.41) is 0.952. The number of ether oxygens (including phenoxy) is 1. The first-order chi connectivity index (χ1) is 14.1. The van der Waals surface area contributed by atoms with E-state index in [9.17, 15) is 9.59 Å². The van der Waals surface area contributed by atoms with Crippen LogP contribution in [0.1, 0.15) is 29.6 Å². The molecule has 5 rings (SSSR count). The minimum atomic E-state index is -0.469. The predicted octanol–water partition coefficient (Wildman–Crippen LogP) is 2.67. The van der Waals surface area contributed by atoms with E-state index in [0.29, 0.717) is 44.5 Å². The third kappa shape index (κ3) is 3.26. The summed E-state index contributed by atoms with van der Waals surface area (Å²) in [6, 6.07) is 9.65. The number of nitrogens with zero attached hydrogens (tertiary/aromatic N) is 4. The number of piperidine rings is 1. The zero-order valence-corrected chi connectivity index (χ0v) is 16.0. The first-order valence-electron chi connectivity index (χ1n) is 9.94. The Bertz CT molecular complexity index is 1050. The molecule has 7 heteroatoms. The molecular weight excluding hydrogens is 368 g/mol. The molecule has 2 aliphatic rings. The second-order valence-corrected chi connectivity index (χ2v) is 7.98. The molecule has 2 aliphatic heterocycles. The topological polar surface area (TPSA) is 77.3 Å². The molecule has 1 aromatic carbocycles. The van der Waals surface area contributed by atoms with Crippen molar-refractivity contribution in [3.8, 4) is 0 Å². The van der Waals surface area contributed by atoms with Crippen LogP contribution in [0.15, 0.2) is 55.2 Å². The minimum absolute atomic E-state index is 0.0283. The van der Waals surface area contributed by atoms with Crippen molar-refractivity contribution in [3.63, 3.8) is 0 Å². The highest BCUT2D eigenvalue weighted by Gasteiger charge is 2.50. The molecule has 0 saturated carbocycles. The van der Waals surface area contributed by atoms with E-state index in [1.54, 1.807) is 18.7 Å². The van der Waals surface area contributed by atoms with Gasteiger partial charge in [-0.3, -0.25) is 14.6 Å². The summed E-state index contributed by atoms with van der Waals surface area (Å²) in [6.45, 7) is 1.73. The Morgan fingerprint density at radius 2 is 2.07 bits per heavy atom. The second kappa shape index (κ2) is 6.99. The number of amides is 1. The molecule has 29 heavy (non-hydrogen) atoms. The van der Waals surface area contributed by atoms with Crippen LogP contribution in [-0.4, -0.2) is 50.5 Å². The van der Waals surface area contributed by atoms with Crippen molar-refractivity contribution in [1.29, 1.82) is 0 Å². The number of carbonyl (C=O) groups excluding carboxylic acids is 2. The third-order valence-corrected chi connectivity index (χ3v) is 6.14. The van der Waals surface area contributed by atoms with Gasteiger partial charge in [0.25, 0.3) is 5.91 Å². The molecule has 0 bridgehead atoms. The smallest absolute Gasteiger partial charge is 0.312 e. The lowest BCUT2D eigenvalue weighted by molar-refractivity contribution is -0.150. The van der Waals surface area contributed by atoms with Crippen LogP contribution in [0.4, 0.5) is 0 Å². The number of cyclic esters (lactones) is 1. The predicted molar refractivity (Wildman–Crippen MR) is 106 cm³/mol. The van der Waals surface area contributed by atoms with E-state index in [2.05, 4.69) is 9.97 Å². The molecule has 2 saturated heterocycles. The normalized spacial score (nSPS) is 20.9. The van der Waals surface area contributed by atoms with E-state index in [0.717, 1.165) is 10.9 Å². The van der Waals surface area contributed by atoms with Gasteiger partial charge >= 0.3 is 5.97 Å². The first kappa shape index (κ1) is 17.8. The standard InChI is InChI=1S/C22H22N4O3/c27-20(17-11-16-3-1-2-4-19(16)24-13-17)26-8-5-22(6-9-26)12-18(29-21(22)28)14-25-10-7-23-15-25/h1-4,7,10-11,13,15,18H,5-6,8-9,12,14H2. The number of rotatable bonds is 3. The van der Waals surface area contributed by atoms with Gasteiger partial charge in [-0.05, 0) is 25.0 Å². The van der Waals surface area contributed by atoms with Crippen LogP contribution < -0.4 is 0 Å². The molecule has 1 amide bonds. The van der Waals surface area contributed by atoms with E-state index >= 15 is 0 Å². The summed E-state index contributed by atoms with van der Waals surface area (Å²) in [5.74, 6) is -0.151. The SMILES string of the molecule is O=C(c1cnc2ccccc2c1)N1CCC2(CC1)CC(Cn1ccnc1)OC2=O. The van der Waals surface area contributed by atoms with Crippen LogP contribution in [0.2, 0.25) is 0 Å². The van der Waals surface area contributed by atoms with Crippen molar-refractivity contribution in [3.05, 3.63) is 60.8 Å². The van der Waals surface area contributed by atoms with Crippen molar-refractivity contribution in [2.45, 2.75) is 31.9 Å². The molecule has 0 N–H and O–H groups in total. The molecule has 148 valence electrons. The zero-order chi connectivity index (χ0) is 19.8. The highest BCUT2D eigenvalue weighted by Crippen LogP contribution is 2.43. The van der Waals surface area contributed by atoms with E-state index < -0.39 is 5.41 Å². The fraction of sp³-hybridized carbons (Fsp3) is 0.364. The number of imidazole rings is 1. The number of benzene rings is 1. The molecular formula is C22H22N4O3. The van der Waals surface area contributed by atoms with Crippen molar-refractivity contribution < 1.29 is 14.3 Å². The average molecular weight is 390 g/mol. The Labute approximate surface area is 168 Å². The number of fused-ring (bicyclic) bond motifs is 1. The minimum Gasteiger partial charge on any atom is -0.460 e. The molecule has 4 heterocycles. The molecule has 2 fully saturated rings. The lowest BCUT2D eigenvalue weighted by Gasteiger charge is -2.36. The van der Waals surface area contributed by atoms with Gasteiger partial charge in [0.2, 0.25) is 0 Å². The van der Waals surface area contributed by atoms with Crippen LogP contribution in [0.5, 0.6) is 0 Å². The van der Waals surface area contributed by atoms with E-state index in [1.165, 1.54) is 0 Å². The maximum atomic E-state index is 13.0. The van der Waals surface area contributed by atoms with Gasteiger partial charge in [0, 0.05) is 43.5 Å². The lowest BCUT2D eigenvalue weighted by Crippen LogP contribution is -2.45. The van der Waals surface area contributed by atoms with Gasteiger partial charge in [-0.25, -0.2) is 4.98 Å². The third-order valence-electron chi connectivity index (χ3n) is 6.14. The first-order valence-corrected chi connectivity index (χ1v) is 9.94. The number of likely N-dealkylation sites (tertiary alicyclic amines) is 1. The van der Waals surface area contributed by atoms with Crippen molar-refractivity contribution in [2.75, 3.05) is 13.1 Å². The van der Waals surface area contributed by atoms with Gasteiger partial charge < -0.3 is 14.2 Å². The number of pyridine rings is 1. The van der Waals surface area contributed by atoms with Crippen LogP contribution in [-0.2, 0) is 16.1 Å². The Morgan fingerprint density at radius 3 is 2.86 bits per heavy atom.